The Hall–Kier alpha value is -1.91. The lowest BCUT2D eigenvalue weighted by molar-refractivity contribution is -0.00181. The molecule has 4 nitrogen and oxygen atoms in total. The van der Waals surface area contributed by atoms with Gasteiger partial charge in [-0.25, -0.2) is 4.39 Å². The maximum atomic E-state index is 12.7. The number of nitrogens with zero attached hydrogens (tertiary/aromatic N) is 1. The first-order chi connectivity index (χ1) is 8.48. The minimum absolute atomic E-state index is 0.246. The molecule has 2 rings (SSSR count). The Kier molecular flexibility index (Phi) is 3.32. The van der Waals surface area contributed by atoms with Gasteiger partial charge in [-0.05, 0) is 38.1 Å². The van der Waals surface area contributed by atoms with Crippen LogP contribution in [-0.2, 0) is 4.84 Å². The van der Waals surface area contributed by atoms with Crippen LogP contribution < -0.4 is 5.32 Å². The number of halogens is 1. The van der Waals surface area contributed by atoms with Crippen LogP contribution in [0.1, 0.15) is 30.6 Å². The maximum absolute atomic E-state index is 12.7. The van der Waals surface area contributed by atoms with Crippen LogP contribution in [-0.4, -0.2) is 23.8 Å². The average molecular weight is 250 g/mol. The fraction of sp³-hybridized carbons (Fsp3) is 0.385. The second kappa shape index (κ2) is 4.76. The Morgan fingerprint density at radius 1 is 1.50 bits per heavy atom. The molecule has 96 valence electrons. The zero-order valence-corrected chi connectivity index (χ0v) is 10.4. The fourth-order valence-electron chi connectivity index (χ4n) is 1.86. The predicted molar refractivity (Wildman–Crippen MR) is 65.9 cm³/mol. The van der Waals surface area contributed by atoms with E-state index in [1.807, 2.05) is 13.8 Å². The summed E-state index contributed by atoms with van der Waals surface area (Å²) in [7, 11) is 0. The zero-order valence-electron chi connectivity index (χ0n) is 10.4. The molecule has 0 aromatic heterocycles. The number of carbonyl (C=O) groups is 1. The maximum Gasteiger partial charge on any atom is 0.251 e. The van der Waals surface area contributed by atoms with E-state index in [2.05, 4.69) is 10.5 Å². The Balaban J connectivity index is 1.91. The molecule has 1 amide bonds. The van der Waals surface area contributed by atoms with Gasteiger partial charge in [-0.15, -0.1) is 0 Å². The third-order valence-electron chi connectivity index (χ3n) is 2.78. The van der Waals surface area contributed by atoms with Gasteiger partial charge in [-0.3, -0.25) is 4.79 Å². The van der Waals surface area contributed by atoms with E-state index in [0.29, 0.717) is 18.5 Å². The van der Waals surface area contributed by atoms with Gasteiger partial charge in [0.2, 0.25) is 0 Å². The highest BCUT2D eigenvalue weighted by Crippen LogP contribution is 2.22. The standard InChI is InChI=1S/C13H15FN2O2/c1-9-7-13(2,18-16-9)8-15-12(17)10-3-5-11(14)6-4-10/h3-6H,7-8H2,1-2H3,(H,15,17)/t13-/m1/s1. The van der Waals surface area contributed by atoms with E-state index in [4.69, 9.17) is 4.84 Å². The first-order valence-electron chi connectivity index (χ1n) is 5.74. The number of amides is 1. The van der Waals surface area contributed by atoms with Gasteiger partial charge in [0.15, 0.2) is 5.60 Å². The largest absolute Gasteiger partial charge is 0.387 e. The number of hydrogen-bond acceptors (Lipinski definition) is 3. The molecule has 0 aliphatic carbocycles. The molecule has 1 aliphatic rings. The third kappa shape index (κ3) is 2.85. The second-order valence-corrected chi connectivity index (χ2v) is 4.73. The molecule has 0 spiro atoms. The Labute approximate surface area is 105 Å². The molecule has 0 radical (unpaired) electrons. The SMILES string of the molecule is CC1=NO[C@@](C)(CNC(=O)c2ccc(F)cc2)C1. The molecule has 1 aromatic rings. The second-order valence-electron chi connectivity index (χ2n) is 4.73. The van der Waals surface area contributed by atoms with Crippen molar-refractivity contribution in [2.75, 3.05) is 6.54 Å². The van der Waals surface area contributed by atoms with Crippen molar-refractivity contribution in [3.63, 3.8) is 0 Å². The van der Waals surface area contributed by atoms with Crippen molar-refractivity contribution in [1.29, 1.82) is 0 Å². The highest BCUT2D eigenvalue weighted by Gasteiger charge is 2.32. The number of benzene rings is 1. The normalized spacial score (nSPS) is 22.3. The average Bonchev–Trinajstić information content (AvgIpc) is 2.68. The molecule has 0 saturated heterocycles. The Morgan fingerprint density at radius 2 is 2.17 bits per heavy atom. The number of nitrogens with one attached hydrogen (secondary N) is 1. The molecular formula is C13H15FN2O2. The van der Waals surface area contributed by atoms with E-state index in [1.54, 1.807) is 0 Å². The van der Waals surface area contributed by atoms with E-state index >= 15 is 0 Å². The highest BCUT2D eigenvalue weighted by molar-refractivity contribution is 5.94. The van der Waals surface area contributed by atoms with Gasteiger partial charge >= 0.3 is 0 Å². The quantitative estimate of drug-likeness (QED) is 0.893. The number of rotatable bonds is 3. The van der Waals surface area contributed by atoms with Gasteiger partial charge < -0.3 is 10.2 Å². The smallest absolute Gasteiger partial charge is 0.251 e. The molecule has 1 heterocycles. The summed E-state index contributed by atoms with van der Waals surface area (Å²) in [5, 5.41) is 6.63. The van der Waals surface area contributed by atoms with E-state index in [1.165, 1.54) is 24.3 Å². The molecule has 0 bridgehead atoms. The molecule has 1 aliphatic heterocycles. The molecule has 0 fully saturated rings. The lowest BCUT2D eigenvalue weighted by Gasteiger charge is -2.21. The summed E-state index contributed by atoms with van der Waals surface area (Å²) in [6.07, 6.45) is 0.691. The highest BCUT2D eigenvalue weighted by atomic mass is 19.1. The van der Waals surface area contributed by atoms with Crippen molar-refractivity contribution >= 4 is 11.6 Å². The summed E-state index contributed by atoms with van der Waals surface area (Å²) in [5.41, 5.74) is 0.851. The van der Waals surface area contributed by atoms with E-state index in [0.717, 1.165) is 5.71 Å². The van der Waals surface area contributed by atoms with Crippen LogP contribution in [0.5, 0.6) is 0 Å². The lowest BCUT2D eigenvalue weighted by Crippen LogP contribution is -2.40. The van der Waals surface area contributed by atoms with Crippen LogP contribution in [0.3, 0.4) is 0 Å². The topological polar surface area (TPSA) is 50.7 Å². The van der Waals surface area contributed by atoms with E-state index in [-0.39, 0.29) is 11.7 Å². The first-order valence-corrected chi connectivity index (χ1v) is 5.74. The van der Waals surface area contributed by atoms with Crippen LogP contribution in [0, 0.1) is 5.82 Å². The van der Waals surface area contributed by atoms with Gasteiger partial charge in [0, 0.05) is 12.0 Å². The lowest BCUT2D eigenvalue weighted by atomic mass is 10.0. The van der Waals surface area contributed by atoms with Gasteiger partial charge in [0.25, 0.3) is 5.91 Å². The van der Waals surface area contributed by atoms with Crippen LogP contribution >= 0.6 is 0 Å². The molecule has 1 atom stereocenters. The minimum Gasteiger partial charge on any atom is -0.387 e. The van der Waals surface area contributed by atoms with E-state index in [9.17, 15) is 9.18 Å². The van der Waals surface area contributed by atoms with Crippen LogP contribution in [0.4, 0.5) is 4.39 Å². The monoisotopic (exact) mass is 250 g/mol. The Morgan fingerprint density at radius 3 is 2.72 bits per heavy atom. The Bertz CT molecular complexity index is 484. The van der Waals surface area contributed by atoms with E-state index < -0.39 is 5.60 Å². The molecule has 5 heteroatoms. The summed E-state index contributed by atoms with van der Waals surface area (Å²) in [4.78, 5) is 17.1. The van der Waals surface area contributed by atoms with Gasteiger partial charge in [-0.2, -0.15) is 0 Å². The molecule has 0 unspecified atom stereocenters. The third-order valence-corrected chi connectivity index (χ3v) is 2.78. The van der Waals surface area contributed by atoms with Crippen LogP contribution in [0.2, 0.25) is 0 Å². The van der Waals surface area contributed by atoms with Crippen molar-refractivity contribution in [2.24, 2.45) is 5.16 Å². The number of hydrogen-bond donors (Lipinski definition) is 1. The molecular weight excluding hydrogens is 235 g/mol. The molecule has 1 N–H and O–H groups in total. The van der Waals surface area contributed by atoms with Crippen molar-refractivity contribution < 1.29 is 14.0 Å². The fourth-order valence-corrected chi connectivity index (χ4v) is 1.86. The van der Waals surface area contributed by atoms with Gasteiger partial charge in [-0.1, -0.05) is 5.16 Å². The minimum atomic E-state index is -0.486. The molecule has 1 aromatic carbocycles. The van der Waals surface area contributed by atoms with Crippen molar-refractivity contribution in [3.8, 4) is 0 Å². The van der Waals surface area contributed by atoms with Crippen LogP contribution in [0.15, 0.2) is 29.4 Å². The van der Waals surface area contributed by atoms with Crippen molar-refractivity contribution in [1.82, 2.24) is 5.32 Å². The van der Waals surface area contributed by atoms with Gasteiger partial charge in [0.1, 0.15) is 5.82 Å². The summed E-state index contributed by atoms with van der Waals surface area (Å²) in [6, 6.07) is 5.42. The number of carbonyl (C=O) groups excluding carboxylic acids is 1. The van der Waals surface area contributed by atoms with Crippen molar-refractivity contribution in [3.05, 3.63) is 35.6 Å². The summed E-state index contributed by atoms with van der Waals surface area (Å²) < 4.78 is 12.7. The first kappa shape index (κ1) is 12.5. The summed E-state index contributed by atoms with van der Waals surface area (Å²) >= 11 is 0. The summed E-state index contributed by atoms with van der Waals surface area (Å²) in [5.74, 6) is -0.606. The number of oxime groups is 1. The molecule has 0 saturated carbocycles. The molecule has 18 heavy (non-hydrogen) atoms. The predicted octanol–water partition coefficient (Wildman–Crippen LogP) is 2.11. The van der Waals surface area contributed by atoms with Crippen LogP contribution in [0.25, 0.3) is 0 Å². The van der Waals surface area contributed by atoms with Crippen molar-refractivity contribution in [2.45, 2.75) is 25.9 Å². The summed E-state index contributed by atoms with van der Waals surface area (Å²) in [6.45, 7) is 4.13. The van der Waals surface area contributed by atoms with Gasteiger partial charge in [0.05, 0.1) is 12.3 Å². The zero-order chi connectivity index (χ0) is 13.2.